The monoisotopic (exact) mass is 210 g/mol. The molecule has 0 N–H and O–H groups in total. The van der Waals surface area contributed by atoms with Gasteiger partial charge in [-0.15, -0.1) is 0 Å². The van der Waals surface area contributed by atoms with Gasteiger partial charge in [-0.3, -0.25) is 0 Å². The molecule has 3 heteroatoms. The maximum atomic E-state index is 5.61. The summed E-state index contributed by atoms with van der Waals surface area (Å²) in [7, 11) is 0.416. The third-order valence-corrected chi connectivity index (χ3v) is 8.07. The number of hydrogen-bond donors (Lipinski definition) is 0. The molecule has 0 saturated carbocycles. The van der Waals surface area contributed by atoms with Crippen LogP contribution in [0.1, 0.15) is 19.3 Å². The average Bonchev–Trinajstić information content (AvgIpc) is 2.73. The Morgan fingerprint density at radius 2 is 2.14 bits per heavy atom. The van der Waals surface area contributed by atoms with E-state index in [0.717, 1.165) is 6.23 Å². The Balaban J connectivity index is 2.20. The number of ether oxygens (including phenoxy) is 1. The zero-order valence-electron chi connectivity index (χ0n) is 8.79. The number of methoxy groups -OCH3 is 1. The van der Waals surface area contributed by atoms with E-state index in [1.807, 2.05) is 13.2 Å². The van der Waals surface area contributed by atoms with Crippen molar-refractivity contribution in [3.8, 4) is 0 Å². The predicted octanol–water partition coefficient (Wildman–Crippen LogP) is 2.30. The lowest BCUT2D eigenvalue weighted by molar-refractivity contribution is 0.244. The van der Waals surface area contributed by atoms with Crippen molar-refractivity contribution in [3.63, 3.8) is 0 Å². The summed E-state index contributed by atoms with van der Waals surface area (Å²) in [5, 5.41) is 1.25. The van der Waals surface area contributed by atoms with Crippen LogP contribution in [0.5, 0.6) is 0 Å². The first-order valence-corrected chi connectivity index (χ1v) is 8.02. The van der Waals surface area contributed by atoms with E-state index in [-0.39, 0.29) is 0 Å². The molecule has 1 fully saturated rings. The highest BCUT2D eigenvalue weighted by molar-refractivity contribution is 6.91. The summed E-state index contributed by atoms with van der Waals surface area (Å²) in [4.78, 5) is 0. The molecule has 2 rings (SSSR count). The normalized spacial score (nSPS) is 20.9. The van der Waals surface area contributed by atoms with Crippen LogP contribution in [0, 0.1) is 0 Å². The number of hydrogen-bond acceptors (Lipinski definition) is 2. The molecule has 2 heterocycles. The maximum absolute atomic E-state index is 5.61. The van der Waals surface area contributed by atoms with Gasteiger partial charge in [0.1, 0.15) is 0 Å². The average molecular weight is 210 g/mol. The zero-order chi connectivity index (χ0) is 9.86. The van der Waals surface area contributed by atoms with Crippen molar-refractivity contribution in [2.45, 2.75) is 31.4 Å². The molecule has 78 valence electrons. The lowest BCUT2D eigenvalue weighted by Crippen LogP contribution is -2.52. The van der Waals surface area contributed by atoms with E-state index in [1.54, 1.807) is 6.26 Å². The summed E-state index contributed by atoms with van der Waals surface area (Å²) < 4.78 is 11.0. The summed E-state index contributed by atoms with van der Waals surface area (Å²) in [6, 6.07) is 6.84. The highest BCUT2D eigenvalue weighted by Crippen LogP contribution is 2.28. The van der Waals surface area contributed by atoms with Gasteiger partial charge in [0.2, 0.25) is 0 Å². The van der Waals surface area contributed by atoms with Crippen LogP contribution < -0.4 is 5.38 Å². The lowest BCUT2D eigenvalue weighted by Gasteiger charge is -2.32. The molecule has 1 aliphatic rings. The highest BCUT2D eigenvalue weighted by atomic mass is 28.3. The molecule has 0 aliphatic carbocycles. The highest BCUT2D eigenvalue weighted by Gasteiger charge is 2.39. The van der Waals surface area contributed by atoms with Crippen LogP contribution in [0.4, 0.5) is 0 Å². The summed E-state index contributed by atoms with van der Waals surface area (Å²) in [5.41, 5.74) is 0. The SMILES string of the molecule is COC[Si]1(c2ccco2)CCCCC1. The molecule has 14 heavy (non-hydrogen) atoms. The molecule has 1 saturated heterocycles. The fourth-order valence-electron chi connectivity index (χ4n) is 2.55. The second-order valence-corrected chi connectivity index (χ2v) is 8.59. The Kier molecular flexibility index (Phi) is 3.08. The predicted molar refractivity (Wildman–Crippen MR) is 59.4 cm³/mol. The molecule has 0 amide bonds. The Bertz CT molecular complexity index is 257. The molecule has 0 radical (unpaired) electrons. The van der Waals surface area contributed by atoms with Crippen LogP contribution in [0.2, 0.25) is 12.1 Å². The minimum Gasteiger partial charge on any atom is -0.474 e. The number of rotatable bonds is 3. The van der Waals surface area contributed by atoms with Gasteiger partial charge in [-0.05, 0) is 24.2 Å². The van der Waals surface area contributed by atoms with Crippen LogP contribution in [0.25, 0.3) is 0 Å². The van der Waals surface area contributed by atoms with Gasteiger partial charge in [-0.25, -0.2) is 0 Å². The van der Waals surface area contributed by atoms with Gasteiger partial charge in [-0.2, -0.15) is 0 Å². The van der Waals surface area contributed by atoms with Crippen molar-refractivity contribution in [1.29, 1.82) is 0 Å². The zero-order valence-corrected chi connectivity index (χ0v) is 9.79. The molecule has 0 bridgehead atoms. The molecule has 0 atom stereocenters. The third-order valence-electron chi connectivity index (χ3n) is 3.28. The molecule has 1 aromatic heterocycles. The maximum Gasteiger partial charge on any atom is 0.160 e. The topological polar surface area (TPSA) is 22.4 Å². The summed E-state index contributed by atoms with van der Waals surface area (Å²) in [6.07, 6.45) is 6.83. The van der Waals surface area contributed by atoms with Crippen molar-refractivity contribution >= 4 is 13.5 Å². The second-order valence-electron chi connectivity index (χ2n) is 4.25. The molecule has 0 aromatic carbocycles. The second kappa shape index (κ2) is 4.32. The molecule has 2 nitrogen and oxygen atoms in total. The molecular formula is C11H18O2Si. The van der Waals surface area contributed by atoms with E-state index >= 15 is 0 Å². The molecule has 0 spiro atoms. The van der Waals surface area contributed by atoms with E-state index < -0.39 is 8.07 Å². The standard InChI is InChI=1S/C11H18O2Si/c1-12-10-14(8-3-2-4-9-14)11-6-5-7-13-11/h5-7H,2-4,8-10H2,1H3. The van der Waals surface area contributed by atoms with Crippen molar-refractivity contribution in [2.75, 3.05) is 13.3 Å². The first-order chi connectivity index (χ1) is 6.87. The van der Waals surface area contributed by atoms with Crippen molar-refractivity contribution in [1.82, 2.24) is 0 Å². The molecule has 0 unspecified atom stereocenters. The lowest BCUT2D eigenvalue weighted by atomic mass is 10.3. The van der Waals surface area contributed by atoms with Gasteiger partial charge in [-0.1, -0.05) is 19.3 Å². The Labute approximate surface area is 86.3 Å². The Morgan fingerprint density at radius 3 is 2.71 bits per heavy atom. The van der Waals surface area contributed by atoms with Crippen LogP contribution in [-0.4, -0.2) is 21.4 Å². The van der Waals surface area contributed by atoms with Gasteiger partial charge in [0.25, 0.3) is 0 Å². The third kappa shape index (κ3) is 1.79. The smallest absolute Gasteiger partial charge is 0.160 e. The van der Waals surface area contributed by atoms with Gasteiger partial charge in [0.15, 0.2) is 8.07 Å². The van der Waals surface area contributed by atoms with E-state index in [0.29, 0.717) is 0 Å². The van der Waals surface area contributed by atoms with Gasteiger partial charge in [0, 0.05) is 13.3 Å². The van der Waals surface area contributed by atoms with E-state index in [9.17, 15) is 0 Å². The van der Waals surface area contributed by atoms with Crippen LogP contribution in [-0.2, 0) is 4.74 Å². The molecule has 1 aromatic rings. The van der Waals surface area contributed by atoms with Crippen LogP contribution in [0.3, 0.4) is 0 Å². The Morgan fingerprint density at radius 1 is 1.36 bits per heavy atom. The van der Waals surface area contributed by atoms with Gasteiger partial charge >= 0.3 is 0 Å². The largest absolute Gasteiger partial charge is 0.474 e. The fraction of sp³-hybridized carbons (Fsp3) is 0.636. The molecular weight excluding hydrogens is 192 g/mol. The summed E-state index contributed by atoms with van der Waals surface area (Å²) >= 11 is 0. The Hall–Kier alpha value is -0.543. The first kappa shape index (κ1) is 9.99. The summed E-state index contributed by atoms with van der Waals surface area (Å²) in [6.45, 7) is 0. The fourth-order valence-corrected chi connectivity index (χ4v) is 6.89. The van der Waals surface area contributed by atoms with Crippen molar-refractivity contribution < 1.29 is 9.15 Å². The van der Waals surface area contributed by atoms with Crippen molar-refractivity contribution in [2.24, 2.45) is 0 Å². The van der Waals surface area contributed by atoms with Crippen LogP contribution >= 0.6 is 0 Å². The number of furan rings is 1. The van der Waals surface area contributed by atoms with Crippen LogP contribution in [0.15, 0.2) is 22.8 Å². The van der Waals surface area contributed by atoms with Crippen molar-refractivity contribution in [3.05, 3.63) is 18.4 Å². The van der Waals surface area contributed by atoms with E-state index in [1.165, 1.54) is 36.7 Å². The van der Waals surface area contributed by atoms with E-state index in [2.05, 4.69) is 6.07 Å². The minimum atomic E-state index is -1.40. The minimum absolute atomic E-state index is 0.931. The summed E-state index contributed by atoms with van der Waals surface area (Å²) in [5.74, 6) is 0. The van der Waals surface area contributed by atoms with Gasteiger partial charge in [0.05, 0.1) is 11.6 Å². The van der Waals surface area contributed by atoms with E-state index in [4.69, 9.17) is 9.15 Å². The van der Waals surface area contributed by atoms with Gasteiger partial charge < -0.3 is 9.15 Å². The molecule has 1 aliphatic heterocycles. The first-order valence-electron chi connectivity index (χ1n) is 5.40. The quantitative estimate of drug-likeness (QED) is 0.714.